The number of hydrogen-bond donors (Lipinski definition) is 1. The molecule has 27 heavy (non-hydrogen) atoms. The highest BCUT2D eigenvalue weighted by molar-refractivity contribution is 6.21. The number of benzene rings is 3. The van der Waals surface area contributed by atoms with E-state index in [4.69, 9.17) is 0 Å². The van der Waals surface area contributed by atoms with Crippen LogP contribution in [0, 0.1) is 0 Å². The molecule has 0 radical (unpaired) electrons. The third-order valence-corrected chi connectivity index (χ3v) is 4.44. The molecule has 1 N–H and O–H groups in total. The van der Waals surface area contributed by atoms with Gasteiger partial charge in [0.25, 0.3) is 17.7 Å². The Kier molecular flexibility index (Phi) is 4.26. The normalized spacial score (nSPS) is 12.8. The van der Waals surface area contributed by atoms with Crippen molar-refractivity contribution in [1.82, 2.24) is 4.90 Å². The number of imide groups is 1. The Morgan fingerprint density at radius 3 is 2.07 bits per heavy atom. The fourth-order valence-electron chi connectivity index (χ4n) is 3.10. The van der Waals surface area contributed by atoms with Crippen molar-refractivity contribution >= 4 is 23.4 Å². The topological polar surface area (TPSA) is 66.5 Å². The van der Waals surface area contributed by atoms with Crippen LogP contribution in [0.5, 0.6) is 0 Å². The highest BCUT2D eigenvalue weighted by atomic mass is 16.2. The van der Waals surface area contributed by atoms with Gasteiger partial charge in [-0.15, -0.1) is 0 Å². The van der Waals surface area contributed by atoms with Crippen molar-refractivity contribution < 1.29 is 14.4 Å². The first-order chi connectivity index (χ1) is 13.1. The lowest BCUT2D eigenvalue weighted by molar-refractivity contribution is 0.0642. The molecule has 3 amide bonds. The van der Waals surface area contributed by atoms with Crippen LogP contribution in [0.25, 0.3) is 0 Å². The molecular weight excluding hydrogens is 340 g/mol. The van der Waals surface area contributed by atoms with E-state index in [1.165, 1.54) is 4.90 Å². The number of amides is 3. The average Bonchev–Trinajstić information content (AvgIpc) is 2.94. The fraction of sp³-hybridized carbons (Fsp3) is 0.0455. The molecule has 4 rings (SSSR count). The summed E-state index contributed by atoms with van der Waals surface area (Å²) in [4.78, 5) is 38.7. The maximum Gasteiger partial charge on any atom is 0.261 e. The number of para-hydroxylation sites is 1. The quantitative estimate of drug-likeness (QED) is 0.724. The lowest BCUT2D eigenvalue weighted by Crippen LogP contribution is -2.29. The highest BCUT2D eigenvalue weighted by Gasteiger charge is 2.34. The molecule has 3 aromatic rings. The first-order valence-corrected chi connectivity index (χ1v) is 8.54. The molecular formula is C22H16N2O3. The molecule has 5 nitrogen and oxygen atoms in total. The van der Waals surface area contributed by atoms with E-state index >= 15 is 0 Å². The first kappa shape index (κ1) is 16.7. The summed E-state index contributed by atoms with van der Waals surface area (Å²) in [6.45, 7) is 0.124. The van der Waals surface area contributed by atoms with Gasteiger partial charge in [-0.05, 0) is 42.0 Å². The number of nitrogens with one attached hydrogen (secondary N) is 1. The first-order valence-electron chi connectivity index (χ1n) is 8.54. The Labute approximate surface area is 156 Å². The Hall–Kier alpha value is -3.73. The van der Waals surface area contributed by atoms with E-state index in [0.29, 0.717) is 27.9 Å². The van der Waals surface area contributed by atoms with Crippen LogP contribution in [0.3, 0.4) is 0 Å². The van der Waals surface area contributed by atoms with Gasteiger partial charge in [0, 0.05) is 11.3 Å². The second-order valence-corrected chi connectivity index (χ2v) is 6.26. The molecule has 1 aliphatic rings. The maximum atomic E-state index is 12.5. The Morgan fingerprint density at radius 2 is 1.41 bits per heavy atom. The number of nitrogens with zero attached hydrogens (tertiary/aromatic N) is 1. The minimum absolute atomic E-state index is 0.124. The molecule has 0 aromatic heterocycles. The Morgan fingerprint density at radius 1 is 0.778 bits per heavy atom. The maximum absolute atomic E-state index is 12.5. The Balaban J connectivity index is 1.53. The standard InChI is InChI=1S/C22H16N2O3/c25-20(23-17-9-2-1-3-10-17)16-8-6-7-15(13-16)14-24-21(26)18-11-4-5-12-19(18)22(24)27/h1-13H,14H2,(H,23,25). The van der Waals surface area contributed by atoms with Crippen LogP contribution in [0.4, 0.5) is 5.69 Å². The zero-order valence-electron chi connectivity index (χ0n) is 14.4. The van der Waals surface area contributed by atoms with Crippen LogP contribution >= 0.6 is 0 Å². The van der Waals surface area contributed by atoms with Crippen LogP contribution in [0.2, 0.25) is 0 Å². The summed E-state index contributed by atoms with van der Waals surface area (Å²) in [5.74, 6) is -0.866. The van der Waals surface area contributed by atoms with Gasteiger partial charge >= 0.3 is 0 Å². The SMILES string of the molecule is O=C(Nc1ccccc1)c1cccc(CN2C(=O)c3ccccc3C2=O)c1. The van der Waals surface area contributed by atoms with Crippen LogP contribution in [-0.2, 0) is 6.54 Å². The van der Waals surface area contributed by atoms with Crippen molar-refractivity contribution in [3.05, 3.63) is 101 Å². The third-order valence-electron chi connectivity index (χ3n) is 4.44. The third kappa shape index (κ3) is 3.22. The second-order valence-electron chi connectivity index (χ2n) is 6.26. The lowest BCUT2D eigenvalue weighted by Gasteiger charge is -2.14. The summed E-state index contributed by atoms with van der Waals surface area (Å²) in [6, 6.07) is 22.9. The zero-order chi connectivity index (χ0) is 18.8. The fourth-order valence-corrected chi connectivity index (χ4v) is 3.10. The minimum Gasteiger partial charge on any atom is -0.322 e. The predicted octanol–water partition coefficient (Wildman–Crippen LogP) is 3.74. The van der Waals surface area contributed by atoms with E-state index in [0.717, 1.165) is 0 Å². The lowest BCUT2D eigenvalue weighted by atomic mass is 10.1. The average molecular weight is 356 g/mol. The monoisotopic (exact) mass is 356 g/mol. The molecule has 0 bridgehead atoms. The summed E-state index contributed by atoms with van der Waals surface area (Å²) < 4.78 is 0. The van der Waals surface area contributed by atoms with Crippen LogP contribution in [-0.4, -0.2) is 22.6 Å². The van der Waals surface area contributed by atoms with Crippen molar-refractivity contribution in [3.63, 3.8) is 0 Å². The van der Waals surface area contributed by atoms with Crippen molar-refractivity contribution in [3.8, 4) is 0 Å². The summed E-state index contributed by atoms with van der Waals surface area (Å²) >= 11 is 0. The van der Waals surface area contributed by atoms with Crippen molar-refractivity contribution in [2.75, 3.05) is 5.32 Å². The molecule has 3 aromatic carbocycles. The smallest absolute Gasteiger partial charge is 0.261 e. The van der Waals surface area contributed by atoms with E-state index in [9.17, 15) is 14.4 Å². The van der Waals surface area contributed by atoms with Crippen LogP contribution in [0.15, 0.2) is 78.9 Å². The molecule has 0 unspecified atom stereocenters. The molecule has 0 atom stereocenters. The largest absolute Gasteiger partial charge is 0.322 e. The van der Waals surface area contributed by atoms with Crippen molar-refractivity contribution in [2.24, 2.45) is 0 Å². The molecule has 0 aliphatic carbocycles. The van der Waals surface area contributed by atoms with E-state index in [2.05, 4.69) is 5.32 Å². The molecule has 5 heteroatoms. The minimum atomic E-state index is -0.310. The van der Waals surface area contributed by atoms with Gasteiger partial charge in [0.2, 0.25) is 0 Å². The molecule has 0 spiro atoms. The number of rotatable bonds is 4. The Bertz CT molecular complexity index is 1010. The number of hydrogen-bond acceptors (Lipinski definition) is 3. The number of fused-ring (bicyclic) bond motifs is 1. The summed E-state index contributed by atoms with van der Waals surface area (Å²) in [5, 5.41) is 2.82. The molecule has 1 aliphatic heterocycles. The van der Waals surface area contributed by atoms with Crippen LogP contribution in [0.1, 0.15) is 36.6 Å². The van der Waals surface area contributed by atoms with Gasteiger partial charge in [-0.25, -0.2) is 0 Å². The number of carbonyl (C=O) groups excluding carboxylic acids is 3. The van der Waals surface area contributed by atoms with E-state index in [-0.39, 0.29) is 24.3 Å². The number of carbonyl (C=O) groups is 3. The van der Waals surface area contributed by atoms with Crippen molar-refractivity contribution in [2.45, 2.75) is 6.54 Å². The van der Waals surface area contributed by atoms with Crippen LogP contribution < -0.4 is 5.32 Å². The summed E-state index contributed by atoms with van der Waals surface area (Å²) in [5.41, 5.74) is 2.72. The van der Waals surface area contributed by atoms with Gasteiger partial charge in [0.05, 0.1) is 17.7 Å². The second kappa shape index (κ2) is 6.88. The van der Waals surface area contributed by atoms with Gasteiger partial charge < -0.3 is 5.32 Å². The van der Waals surface area contributed by atoms with Gasteiger partial charge in [0.1, 0.15) is 0 Å². The molecule has 1 heterocycles. The molecule has 0 saturated heterocycles. The van der Waals surface area contributed by atoms with E-state index < -0.39 is 0 Å². The molecule has 132 valence electrons. The zero-order valence-corrected chi connectivity index (χ0v) is 14.4. The summed E-state index contributed by atoms with van der Waals surface area (Å²) in [7, 11) is 0. The van der Waals surface area contributed by atoms with Gasteiger partial charge in [0.15, 0.2) is 0 Å². The highest BCUT2D eigenvalue weighted by Crippen LogP contribution is 2.24. The van der Waals surface area contributed by atoms with Crippen molar-refractivity contribution in [1.29, 1.82) is 0 Å². The van der Waals surface area contributed by atoms with E-state index in [1.54, 1.807) is 60.7 Å². The molecule has 0 saturated carbocycles. The van der Waals surface area contributed by atoms with Gasteiger partial charge in [-0.2, -0.15) is 0 Å². The number of anilines is 1. The predicted molar refractivity (Wildman–Crippen MR) is 101 cm³/mol. The van der Waals surface area contributed by atoms with Gasteiger partial charge in [-0.1, -0.05) is 42.5 Å². The summed E-state index contributed by atoms with van der Waals surface area (Å²) in [6.07, 6.45) is 0. The van der Waals surface area contributed by atoms with E-state index in [1.807, 2.05) is 18.2 Å². The molecule has 0 fully saturated rings. The van der Waals surface area contributed by atoms with Gasteiger partial charge in [-0.3, -0.25) is 19.3 Å².